The third kappa shape index (κ3) is 2.64. The zero-order valence-electron chi connectivity index (χ0n) is 11.1. The average Bonchev–Trinajstić information content (AvgIpc) is 2.76. The third-order valence-corrected chi connectivity index (χ3v) is 3.05. The normalized spacial score (nSPS) is 10.7. The first-order chi connectivity index (χ1) is 10.1. The summed E-state index contributed by atoms with van der Waals surface area (Å²) in [5.41, 5.74) is 7.78. The van der Waals surface area contributed by atoms with E-state index >= 15 is 0 Å². The molecule has 0 aliphatic carbocycles. The Labute approximate surface area is 119 Å². The van der Waals surface area contributed by atoms with Crippen molar-refractivity contribution in [3.63, 3.8) is 0 Å². The smallest absolute Gasteiger partial charge is 0.408 e. The van der Waals surface area contributed by atoms with Gasteiger partial charge in [-0.3, -0.25) is 9.36 Å². The summed E-state index contributed by atoms with van der Waals surface area (Å²) in [6, 6.07) is 13.9. The molecule has 3 N–H and O–H groups in total. The van der Waals surface area contributed by atoms with Crippen molar-refractivity contribution in [3.8, 4) is 0 Å². The Kier molecular flexibility index (Phi) is 3.19. The van der Waals surface area contributed by atoms with Gasteiger partial charge >= 0.3 is 5.76 Å². The predicted octanol–water partition coefficient (Wildman–Crippen LogP) is 1.82. The molecule has 0 saturated carbocycles. The number of amides is 1. The molecule has 21 heavy (non-hydrogen) atoms. The Balaban J connectivity index is 1.88. The van der Waals surface area contributed by atoms with Crippen LogP contribution < -0.4 is 16.8 Å². The summed E-state index contributed by atoms with van der Waals surface area (Å²) in [4.78, 5) is 23.8. The molecule has 3 rings (SSSR count). The van der Waals surface area contributed by atoms with Crippen LogP contribution in [0.4, 0.5) is 11.4 Å². The van der Waals surface area contributed by atoms with E-state index in [4.69, 9.17) is 10.2 Å². The van der Waals surface area contributed by atoms with E-state index in [9.17, 15) is 9.59 Å². The van der Waals surface area contributed by atoms with Crippen LogP contribution in [0.25, 0.3) is 11.1 Å². The number of fused-ring (bicyclic) bond motifs is 1. The van der Waals surface area contributed by atoms with E-state index in [-0.39, 0.29) is 12.5 Å². The fourth-order valence-electron chi connectivity index (χ4n) is 2.09. The van der Waals surface area contributed by atoms with Crippen LogP contribution in [0, 0.1) is 0 Å². The van der Waals surface area contributed by atoms with Crippen molar-refractivity contribution in [2.45, 2.75) is 6.54 Å². The number of benzene rings is 2. The SMILES string of the molecule is Nc1ccc2oc(=O)n(CC(=O)Nc3ccccc3)c2c1. The van der Waals surface area contributed by atoms with Gasteiger partial charge in [0, 0.05) is 11.4 Å². The monoisotopic (exact) mass is 283 g/mol. The predicted molar refractivity (Wildman–Crippen MR) is 80.0 cm³/mol. The molecule has 0 bridgehead atoms. The van der Waals surface area contributed by atoms with Gasteiger partial charge in [0.1, 0.15) is 6.54 Å². The number of aromatic nitrogens is 1. The van der Waals surface area contributed by atoms with Crippen LogP contribution in [0.1, 0.15) is 0 Å². The molecule has 0 fully saturated rings. The molecule has 1 amide bonds. The molecule has 1 aromatic heterocycles. The lowest BCUT2D eigenvalue weighted by molar-refractivity contribution is -0.116. The van der Waals surface area contributed by atoms with E-state index < -0.39 is 5.76 Å². The van der Waals surface area contributed by atoms with Crippen LogP contribution in [0.3, 0.4) is 0 Å². The van der Waals surface area contributed by atoms with E-state index in [1.165, 1.54) is 4.57 Å². The van der Waals surface area contributed by atoms with Crippen molar-refractivity contribution in [2.24, 2.45) is 0 Å². The zero-order valence-corrected chi connectivity index (χ0v) is 11.1. The molecular weight excluding hydrogens is 270 g/mol. The first kappa shape index (κ1) is 13.0. The molecule has 0 saturated heterocycles. The third-order valence-electron chi connectivity index (χ3n) is 3.05. The number of anilines is 2. The quantitative estimate of drug-likeness (QED) is 0.717. The highest BCUT2D eigenvalue weighted by atomic mass is 16.4. The lowest BCUT2D eigenvalue weighted by Crippen LogP contribution is -2.24. The number of hydrogen-bond donors (Lipinski definition) is 2. The molecule has 2 aromatic carbocycles. The lowest BCUT2D eigenvalue weighted by atomic mass is 10.3. The maximum absolute atomic E-state index is 12.0. The first-order valence-electron chi connectivity index (χ1n) is 6.37. The van der Waals surface area contributed by atoms with Crippen molar-refractivity contribution in [1.29, 1.82) is 0 Å². The minimum atomic E-state index is -0.584. The Morgan fingerprint density at radius 2 is 1.95 bits per heavy atom. The number of oxazole rings is 1. The molecule has 0 aliphatic rings. The van der Waals surface area contributed by atoms with Gasteiger partial charge in [-0.1, -0.05) is 18.2 Å². The highest BCUT2D eigenvalue weighted by Crippen LogP contribution is 2.16. The molecule has 106 valence electrons. The van der Waals surface area contributed by atoms with Crippen LogP contribution in [0.15, 0.2) is 57.7 Å². The number of nitrogens with zero attached hydrogens (tertiary/aromatic N) is 1. The average molecular weight is 283 g/mol. The number of carbonyl (C=O) groups excluding carboxylic acids is 1. The summed E-state index contributed by atoms with van der Waals surface area (Å²) < 4.78 is 6.33. The van der Waals surface area contributed by atoms with Gasteiger partial charge in [0.15, 0.2) is 5.58 Å². The number of rotatable bonds is 3. The van der Waals surface area contributed by atoms with E-state index in [0.717, 1.165) is 0 Å². The molecule has 3 aromatic rings. The lowest BCUT2D eigenvalue weighted by Gasteiger charge is -2.05. The summed E-state index contributed by atoms with van der Waals surface area (Å²) >= 11 is 0. The number of nitrogens with one attached hydrogen (secondary N) is 1. The second-order valence-corrected chi connectivity index (χ2v) is 4.60. The minimum Gasteiger partial charge on any atom is -0.408 e. The zero-order chi connectivity index (χ0) is 14.8. The van der Waals surface area contributed by atoms with Gasteiger partial charge in [0.25, 0.3) is 0 Å². The molecule has 6 nitrogen and oxygen atoms in total. The summed E-state index contributed by atoms with van der Waals surface area (Å²) in [6.45, 7) is -0.135. The largest absolute Gasteiger partial charge is 0.420 e. The summed E-state index contributed by atoms with van der Waals surface area (Å²) in [5, 5.41) is 2.72. The molecule has 0 spiro atoms. The summed E-state index contributed by atoms with van der Waals surface area (Å²) in [5.74, 6) is -0.896. The van der Waals surface area contributed by atoms with Crippen molar-refractivity contribution in [3.05, 3.63) is 59.1 Å². The first-order valence-corrected chi connectivity index (χ1v) is 6.37. The topological polar surface area (TPSA) is 90.3 Å². The second kappa shape index (κ2) is 5.16. The number of nitrogen functional groups attached to an aromatic ring is 1. The van der Waals surface area contributed by atoms with Crippen LogP contribution in [0.2, 0.25) is 0 Å². The summed E-state index contributed by atoms with van der Waals surface area (Å²) in [6.07, 6.45) is 0. The number of hydrogen-bond acceptors (Lipinski definition) is 4. The minimum absolute atomic E-state index is 0.135. The van der Waals surface area contributed by atoms with Crippen LogP contribution in [-0.2, 0) is 11.3 Å². The van der Waals surface area contributed by atoms with E-state index in [0.29, 0.717) is 22.5 Å². The van der Waals surface area contributed by atoms with Gasteiger partial charge in [-0.25, -0.2) is 4.79 Å². The Morgan fingerprint density at radius 1 is 1.19 bits per heavy atom. The van der Waals surface area contributed by atoms with Crippen molar-refractivity contribution < 1.29 is 9.21 Å². The van der Waals surface area contributed by atoms with Crippen LogP contribution in [0.5, 0.6) is 0 Å². The molecule has 0 unspecified atom stereocenters. The maximum Gasteiger partial charge on any atom is 0.420 e. The molecule has 0 aliphatic heterocycles. The van der Waals surface area contributed by atoms with Crippen molar-refractivity contribution in [1.82, 2.24) is 4.57 Å². The summed E-state index contributed by atoms with van der Waals surface area (Å²) in [7, 11) is 0. The van der Waals surface area contributed by atoms with Gasteiger partial charge in [0.05, 0.1) is 5.52 Å². The maximum atomic E-state index is 12.0. The molecule has 6 heteroatoms. The van der Waals surface area contributed by atoms with Gasteiger partial charge in [-0.15, -0.1) is 0 Å². The van der Waals surface area contributed by atoms with E-state index in [2.05, 4.69) is 5.32 Å². The highest BCUT2D eigenvalue weighted by molar-refractivity contribution is 5.91. The number of para-hydroxylation sites is 1. The van der Waals surface area contributed by atoms with Gasteiger partial charge in [-0.05, 0) is 30.3 Å². The van der Waals surface area contributed by atoms with Gasteiger partial charge < -0.3 is 15.5 Å². The van der Waals surface area contributed by atoms with Crippen molar-refractivity contribution >= 4 is 28.4 Å². The molecular formula is C15H13N3O3. The molecule has 1 heterocycles. The highest BCUT2D eigenvalue weighted by Gasteiger charge is 2.13. The Hall–Kier alpha value is -3.02. The fraction of sp³-hybridized carbons (Fsp3) is 0.0667. The van der Waals surface area contributed by atoms with Crippen molar-refractivity contribution in [2.75, 3.05) is 11.1 Å². The fourth-order valence-corrected chi connectivity index (χ4v) is 2.09. The van der Waals surface area contributed by atoms with Gasteiger partial charge in [-0.2, -0.15) is 0 Å². The molecule has 0 atom stereocenters. The number of carbonyl (C=O) groups is 1. The Bertz CT molecular complexity index is 849. The van der Waals surface area contributed by atoms with Gasteiger partial charge in [0.2, 0.25) is 5.91 Å². The van der Waals surface area contributed by atoms with Crippen LogP contribution >= 0.6 is 0 Å². The molecule has 0 radical (unpaired) electrons. The van der Waals surface area contributed by atoms with E-state index in [1.807, 2.05) is 18.2 Å². The second-order valence-electron chi connectivity index (χ2n) is 4.60. The van der Waals surface area contributed by atoms with E-state index in [1.54, 1.807) is 30.3 Å². The standard InChI is InChI=1S/C15H13N3O3/c16-10-6-7-13-12(8-10)18(15(20)21-13)9-14(19)17-11-4-2-1-3-5-11/h1-8H,9,16H2,(H,17,19). The van der Waals surface area contributed by atoms with Crippen LogP contribution in [-0.4, -0.2) is 10.5 Å². The Morgan fingerprint density at radius 3 is 2.71 bits per heavy atom. The number of nitrogens with two attached hydrogens (primary N) is 1.